The third-order valence-electron chi connectivity index (χ3n) is 7.28. The Labute approximate surface area is 215 Å². The molecule has 2 aromatic carbocycles. The highest BCUT2D eigenvalue weighted by Gasteiger charge is 2.27. The molecule has 1 fully saturated rings. The molecule has 1 saturated heterocycles. The number of amides is 2. The number of likely N-dealkylation sites (tertiary alicyclic amines) is 1. The first-order chi connectivity index (χ1) is 18.0. The quantitative estimate of drug-likeness (QED) is 0.405. The summed E-state index contributed by atoms with van der Waals surface area (Å²) in [5.74, 6) is 0.661. The molecule has 4 aromatic rings. The summed E-state index contributed by atoms with van der Waals surface area (Å²) in [5.41, 5.74) is 7.50. The van der Waals surface area contributed by atoms with Crippen molar-refractivity contribution in [1.82, 2.24) is 19.4 Å². The van der Waals surface area contributed by atoms with E-state index in [1.54, 1.807) is 6.33 Å². The first kappa shape index (κ1) is 23.0. The van der Waals surface area contributed by atoms with E-state index in [2.05, 4.69) is 43.9 Å². The molecule has 37 heavy (non-hydrogen) atoms. The number of nitrogens with one attached hydrogen (secondary N) is 2. The van der Waals surface area contributed by atoms with Crippen LogP contribution in [-0.2, 0) is 18.3 Å². The summed E-state index contributed by atoms with van der Waals surface area (Å²) in [6.45, 7) is 5.88. The Hall–Kier alpha value is -4.46. The summed E-state index contributed by atoms with van der Waals surface area (Å²) in [5, 5.41) is 7.25. The minimum Gasteiger partial charge on any atom is -0.369 e. The summed E-state index contributed by atoms with van der Waals surface area (Å²) in [6.07, 6.45) is 5.74. The van der Waals surface area contributed by atoms with E-state index >= 15 is 0 Å². The zero-order valence-corrected chi connectivity index (χ0v) is 20.8. The van der Waals surface area contributed by atoms with Crippen LogP contribution in [0, 0.1) is 0 Å². The van der Waals surface area contributed by atoms with E-state index in [-0.39, 0.29) is 11.8 Å². The van der Waals surface area contributed by atoms with E-state index in [1.165, 1.54) is 6.08 Å². The molecule has 8 heteroatoms. The molecule has 0 bridgehead atoms. The molecule has 2 aliphatic heterocycles. The standard InChI is InChI=1S/C29H28N6O2/c1-3-23(36)33-21-9-6-18(7-10-21)26-24-22-11-8-20(29(37)35-14-4-5-15-35)16-19(22)12-13-30-27-25(24)28(34(26)2)32-17-31-27/h3,6-11,16-17H,1,4-5,12-15H2,2H3,(H,33,36)(H,30,31,32). The highest BCUT2D eigenvalue weighted by molar-refractivity contribution is 6.09. The topological polar surface area (TPSA) is 92.1 Å². The van der Waals surface area contributed by atoms with Gasteiger partial charge >= 0.3 is 0 Å². The number of nitrogens with zero attached hydrogens (tertiary/aromatic N) is 4. The summed E-state index contributed by atoms with van der Waals surface area (Å²) in [4.78, 5) is 36.0. The monoisotopic (exact) mass is 492 g/mol. The van der Waals surface area contributed by atoms with Gasteiger partial charge in [-0.1, -0.05) is 24.8 Å². The largest absolute Gasteiger partial charge is 0.369 e. The van der Waals surface area contributed by atoms with Crippen molar-refractivity contribution in [2.75, 3.05) is 30.3 Å². The minimum atomic E-state index is -0.251. The Bertz CT molecular complexity index is 1550. The molecule has 0 saturated carbocycles. The van der Waals surface area contributed by atoms with Gasteiger partial charge in [0.15, 0.2) is 0 Å². The molecule has 2 N–H and O–H groups in total. The number of carbonyl (C=O) groups is 2. The van der Waals surface area contributed by atoms with E-state index in [0.29, 0.717) is 12.2 Å². The number of carbonyl (C=O) groups excluding carboxylic acids is 2. The molecule has 2 amide bonds. The highest BCUT2D eigenvalue weighted by Crippen LogP contribution is 2.44. The van der Waals surface area contributed by atoms with Crippen LogP contribution in [0.4, 0.5) is 11.5 Å². The maximum Gasteiger partial charge on any atom is 0.253 e. The molecule has 8 nitrogen and oxygen atoms in total. The molecule has 186 valence electrons. The average Bonchev–Trinajstić information content (AvgIpc) is 3.55. The number of rotatable bonds is 4. The lowest BCUT2D eigenvalue weighted by atomic mass is 9.91. The SMILES string of the molecule is C=CC(=O)Nc1ccc(-c2c3c4c(ncnc4n2C)NCCc2cc(C(=O)N4CCCC4)ccc2-3)cc1. The first-order valence-corrected chi connectivity index (χ1v) is 12.6. The van der Waals surface area contributed by atoms with Crippen LogP contribution >= 0.6 is 0 Å². The fourth-order valence-corrected chi connectivity index (χ4v) is 5.49. The van der Waals surface area contributed by atoms with Crippen molar-refractivity contribution in [1.29, 1.82) is 0 Å². The van der Waals surface area contributed by atoms with Crippen molar-refractivity contribution in [3.05, 3.63) is 72.6 Å². The molecule has 0 spiro atoms. The number of aromatic nitrogens is 3. The third-order valence-corrected chi connectivity index (χ3v) is 7.28. The Balaban J connectivity index is 1.52. The highest BCUT2D eigenvalue weighted by atomic mass is 16.2. The van der Waals surface area contributed by atoms with Crippen LogP contribution in [0.25, 0.3) is 33.4 Å². The molecule has 0 radical (unpaired) electrons. The molecule has 0 atom stereocenters. The lowest BCUT2D eigenvalue weighted by Crippen LogP contribution is -2.27. The van der Waals surface area contributed by atoms with E-state index in [9.17, 15) is 9.59 Å². The summed E-state index contributed by atoms with van der Waals surface area (Å²) < 4.78 is 2.09. The van der Waals surface area contributed by atoms with Crippen molar-refractivity contribution in [3.8, 4) is 22.4 Å². The van der Waals surface area contributed by atoms with Crippen LogP contribution in [0.15, 0.2) is 61.4 Å². The molecular formula is C29H28N6O2. The second-order valence-corrected chi connectivity index (χ2v) is 9.52. The van der Waals surface area contributed by atoms with Crippen LogP contribution in [-0.4, -0.2) is 50.9 Å². The van der Waals surface area contributed by atoms with Gasteiger partial charge in [0.1, 0.15) is 17.8 Å². The Morgan fingerprint density at radius 1 is 1.08 bits per heavy atom. The smallest absolute Gasteiger partial charge is 0.253 e. The second-order valence-electron chi connectivity index (χ2n) is 9.52. The molecule has 2 aromatic heterocycles. The summed E-state index contributed by atoms with van der Waals surface area (Å²) in [6, 6.07) is 13.8. The third kappa shape index (κ3) is 3.94. The number of hydrogen-bond acceptors (Lipinski definition) is 5. The van der Waals surface area contributed by atoms with Gasteiger partial charge in [0.25, 0.3) is 5.91 Å². The van der Waals surface area contributed by atoms with Crippen LogP contribution in [0.1, 0.15) is 28.8 Å². The van der Waals surface area contributed by atoms with Crippen molar-refractivity contribution in [2.45, 2.75) is 19.3 Å². The Morgan fingerprint density at radius 3 is 2.62 bits per heavy atom. The van der Waals surface area contributed by atoms with Gasteiger partial charge in [-0.15, -0.1) is 0 Å². The fourth-order valence-electron chi connectivity index (χ4n) is 5.49. The predicted molar refractivity (Wildman–Crippen MR) is 146 cm³/mol. The average molecular weight is 493 g/mol. The predicted octanol–water partition coefficient (Wildman–Crippen LogP) is 4.63. The van der Waals surface area contributed by atoms with Crippen LogP contribution in [0.3, 0.4) is 0 Å². The van der Waals surface area contributed by atoms with E-state index < -0.39 is 0 Å². The molecule has 6 rings (SSSR count). The number of fused-ring (bicyclic) bond motifs is 2. The summed E-state index contributed by atoms with van der Waals surface area (Å²) in [7, 11) is 2.01. The maximum atomic E-state index is 13.1. The molecule has 0 aliphatic carbocycles. The zero-order valence-electron chi connectivity index (χ0n) is 20.8. The Kier molecular flexibility index (Phi) is 5.71. The zero-order chi connectivity index (χ0) is 25.5. The van der Waals surface area contributed by atoms with E-state index in [1.807, 2.05) is 42.3 Å². The van der Waals surface area contributed by atoms with Gasteiger partial charge in [0.05, 0.1) is 11.1 Å². The molecule has 4 heterocycles. The lowest BCUT2D eigenvalue weighted by molar-refractivity contribution is -0.111. The van der Waals surface area contributed by atoms with Gasteiger partial charge in [0.2, 0.25) is 5.91 Å². The van der Waals surface area contributed by atoms with Crippen molar-refractivity contribution < 1.29 is 9.59 Å². The van der Waals surface area contributed by atoms with Gasteiger partial charge in [-0.05, 0) is 66.3 Å². The van der Waals surface area contributed by atoms with Crippen LogP contribution in [0.5, 0.6) is 0 Å². The normalized spacial score (nSPS) is 14.5. The van der Waals surface area contributed by atoms with Gasteiger partial charge in [-0.25, -0.2) is 9.97 Å². The number of anilines is 2. The van der Waals surface area contributed by atoms with Crippen molar-refractivity contribution >= 4 is 34.4 Å². The minimum absolute atomic E-state index is 0.106. The van der Waals surface area contributed by atoms with Crippen LogP contribution < -0.4 is 10.6 Å². The lowest BCUT2D eigenvalue weighted by Gasteiger charge is -2.20. The number of benzene rings is 2. The van der Waals surface area contributed by atoms with Gasteiger partial charge in [-0.3, -0.25) is 9.59 Å². The van der Waals surface area contributed by atoms with Crippen molar-refractivity contribution in [3.63, 3.8) is 0 Å². The van der Waals surface area contributed by atoms with Crippen LogP contribution in [0.2, 0.25) is 0 Å². The van der Waals surface area contributed by atoms with Gasteiger partial charge in [-0.2, -0.15) is 0 Å². The fraction of sp³-hybridized carbons (Fsp3) is 0.241. The van der Waals surface area contributed by atoms with E-state index in [4.69, 9.17) is 0 Å². The van der Waals surface area contributed by atoms with E-state index in [0.717, 1.165) is 82.7 Å². The Morgan fingerprint density at radius 2 is 1.86 bits per heavy atom. The molecule has 0 unspecified atom stereocenters. The molecular weight excluding hydrogens is 464 g/mol. The summed E-state index contributed by atoms with van der Waals surface area (Å²) >= 11 is 0. The maximum absolute atomic E-state index is 13.1. The second kappa shape index (κ2) is 9.20. The first-order valence-electron chi connectivity index (χ1n) is 12.6. The van der Waals surface area contributed by atoms with Gasteiger partial charge < -0.3 is 20.1 Å². The number of hydrogen-bond donors (Lipinski definition) is 2. The van der Waals surface area contributed by atoms with Crippen molar-refractivity contribution in [2.24, 2.45) is 7.05 Å². The molecule has 2 aliphatic rings. The number of aryl methyl sites for hydroxylation is 1. The van der Waals surface area contributed by atoms with Gasteiger partial charge in [0, 0.05) is 43.5 Å².